The molecule has 3 rings (SSSR count). The van der Waals surface area contributed by atoms with E-state index >= 15 is 0 Å². The molecule has 1 saturated carbocycles. The number of nitro benzene ring substituents is 1. The van der Waals surface area contributed by atoms with Crippen molar-refractivity contribution in [2.45, 2.75) is 64.1 Å². The number of anilines is 1. The van der Waals surface area contributed by atoms with E-state index in [2.05, 4.69) is 5.32 Å². The highest BCUT2D eigenvalue weighted by Crippen LogP contribution is 2.25. The quantitative estimate of drug-likeness (QED) is 0.309. The molecule has 0 saturated heterocycles. The van der Waals surface area contributed by atoms with Crippen LogP contribution in [0.4, 0.5) is 11.4 Å². The van der Waals surface area contributed by atoms with Gasteiger partial charge in [0.25, 0.3) is 5.69 Å². The van der Waals surface area contributed by atoms with Gasteiger partial charge in [-0.25, -0.2) is 8.42 Å². The second kappa shape index (κ2) is 13.4. The van der Waals surface area contributed by atoms with Gasteiger partial charge in [0, 0.05) is 24.7 Å². The van der Waals surface area contributed by atoms with Crippen molar-refractivity contribution >= 4 is 33.2 Å². The average Bonchev–Trinajstić information content (AvgIpc) is 2.91. The van der Waals surface area contributed by atoms with Gasteiger partial charge in [-0.05, 0) is 43.0 Å². The van der Waals surface area contributed by atoms with Gasteiger partial charge in [0.05, 0.1) is 24.0 Å². The minimum absolute atomic E-state index is 0.0129. The molecule has 212 valence electrons. The van der Waals surface area contributed by atoms with E-state index in [4.69, 9.17) is 4.74 Å². The number of hydrogen-bond donors (Lipinski definition) is 1. The van der Waals surface area contributed by atoms with E-state index in [1.54, 1.807) is 31.2 Å². The van der Waals surface area contributed by atoms with Crippen LogP contribution in [0.5, 0.6) is 5.75 Å². The Labute approximate surface area is 229 Å². The van der Waals surface area contributed by atoms with E-state index in [-0.39, 0.29) is 29.9 Å². The molecule has 0 unspecified atom stereocenters. The Morgan fingerprint density at radius 2 is 1.82 bits per heavy atom. The van der Waals surface area contributed by atoms with Crippen LogP contribution in [0.25, 0.3) is 0 Å². The van der Waals surface area contributed by atoms with E-state index in [1.165, 1.54) is 30.2 Å². The highest BCUT2D eigenvalue weighted by atomic mass is 32.2. The smallest absolute Gasteiger partial charge is 0.271 e. The van der Waals surface area contributed by atoms with Crippen LogP contribution in [0.2, 0.25) is 0 Å². The molecule has 0 aliphatic heterocycles. The molecule has 2 aromatic carbocycles. The lowest BCUT2D eigenvalue weighted by Gasteiger charge is -2.34. The highest BCUT2D eigenvalue weighted by Gasteiger charge is 2.33. The van der Waals surface area contributed by atoms with Gasteiger partial charge in [0.2, 0.25) is 21.8 Å². The minimum Gasteiger partial charge on any atom is -0.497 e. The van der Waals surface area contributed by atoms with Crippen molar-refractivity contribution in [3.8, 4) is 5.75 Å². The fraction of sp³-hybridized carbons (Fsp3) is 0.481. The molecule has 1 fully saturated rings. The Balaban J connectivity index is 1.95. The molecule has 2 amide bonds. The lowest BCUT2D eigenvalue weighted by molar-refractivity contribution is -0.384. The van der Waals surface area contributed by atoms with Crippen LogP contribution in [0.1, 0.15) is 51.0 Å². The Bertz CT molecular complexity index is 1280. The monoisotopic (exact) mass is 560 g/mol. The zero-order valence-electron chi connectivity index (χ0n) is 22.5. The van der Waals surface area contributed by atoms with Crippen LogP contribution in [-0.2, 0) is 26.2 Å². The first kappa shape index (κ1) is 29.9. The molecule has 1 aliphatic carbocycles. The summed E-state index contributed by atoms with van der Waals surface area (Å²) in [6, 6.07) is 11.4. The average molecular weight is 561 g/mol. The number of nitrogens with one attached hydrogen (secondary N) is 1. The summed E-state index contributed by atoms with van der Waals surface area (Å²) in [7, 11) is -2.48. The van der Waals surface area contributed by atoms with Crippen molar-refractivity contribution in [1.29, 1.82) is 0 Å². The molecule has 12 heteroatoms. The van der Waals surface area contributed by atoms with E-state index < -0.39 is 33.4 Å². The number of rotatable bonds is 12. The predicted octanol–water partition coefficient (Wildman–Crippen LogP) is 3.63. The Kier molecular flexibility index (Phi) is 10.3. The van der Waals surface area contributed by atoms with Crippen LogP contribution in [0, 0.1) is 10.1 Å². The van der Waals surface area contributed by atoms with Crippen LogP contribution >= 0.6 is 0 Å². The number of methoxy groups -OCH3 is 1. The zero-order chi connectivity index (χ0) is 28.6. The number of amides is 2. The molecule has 0 heterocycles. The van der Waals surface area contributed by atoms with E-state index in [0.29, 0.717) is 17.7 Å². The van der Waals surface area contributed by atoms with Crippen molar-refractivity contribution in [3.63, 3.8) is 0 Å². The molecular formula is C27H36N4O7S. The summed E-state index contributed by atoms with van der Waals surface area (Å²) in [6.07, 6.45) is 6.17. The first-order valence-corrected chi connectivity index (χ1v) is 14.8. The topological polar surface area (TPSA) is 139 Å². The normalized spacial score (nSPS) is 14.7. The van der Waals surface area contributed by atoms with Crippen LogP contribution in [-0.4, -0.2) is 62.0 Å². The second-order valence-electron chi connectivity index (χ2n) is 9.69. The minimum atomic E-state index is -4.01. The number of carbonyl (C=O) groups is 2. The first-order chi connectivity index (χ1) is 18.5. The predicted molar refractivity (Wildman–Crippen MR) is 148 cm³/mol. The van der Waals surface area contributed by atoms with Crippen LogP contribution < -0.4 is 14.4 Å². The van der Waals surface area contributed by atoms with Gasteiger partial charge in [-0.15, -0.1) is 0 Å². The molecule has 0 radical (unpaired) electrons. The largest absolute Gasteiger partial charge is 0.497 e. The molecule has 39 heavy (non-hydrogen) atoms. The maximum absolute atomic E-state index is 13.8. The Morgan fingerprint density at radius 3 is 2.44 bits per heavy atom. The SMILES string of the molecule is CC[C@H](C(=O)NC1CCCCC1)N(Cc1cccc(OC)c1)C(=O)CN(c1cccc([N+](=O)[O-])c1)S(C)(=O)=O. The number of non-ortho nitro benzene ring substituents is 1. The zero-order valence-corrected chi connectivity index (χ0v) is 23.4. The van der Waals surface area contributed by atoms with Crippen LogP contribution in [0.3, 0.4) is 0 Å². The summed E-state index contributed by atoms with van der Waals surface area (Å²) in [5.41, 5.74) is 0.383. The number of nitro groups is 1. The third-order valence-electron chi connectivity index (χ3n) is 6.83. The maximum atomic E-state index is 13.8. The molecule has 2 aromatic rings. The van der Waals surface area contributed by atoms with Crippen molar-refractivity contribution in [1.82, 2.24) is 10.2 Å². The van der Waals surface area contributed by atoms with E-state index in [1.807, 2.05) is 0 Å². The lowest BCUT2D eigenvalue weighted by Crippen LogP contribution is -2.53. The van der Waals surface area contributed by atoms with Crippen LogP contribution in [0.15, 0.2) is 48.5 Å². The van der Waals surface area contributed by atoms with Crippen molar-refractivity contribution in [2.75, 3.05) is 24.2 Å². The molecule has 1 aliphatic rings. The molecule has 11 nitrogen and oxygen atoms in total. The van der Waals surface area contributed by atoms with Gasteiger partial charge in [0.15, 0.2) is 0 Å². The summed E-state index contributed by atoms with van der Waals surface area (Å²) in [5.74, 6) is -0.323. The maximum Gasteiger partial charge on any atom is 0.271 e. The molecule has 0 bridgehead atoms. The number of nitrogens with zero attached hydrogens (tertiary/aromatic N) is 3. The number of sulfonamides is 1. The standard InChI is InChI=1S/C27H36N4O7S/c1-4-25(27(33)28-21-11-6-5-7-12-21)29(18-20-10-8-15-24(16-20)38-2)26(32)19-30(39(3,36)37)22-13-9-14-23(17-22)31(34)35/h8-10,13-17,21,25H,4-7,11-12,18-19H2,1-3H3,(H,28,33)/t25-/m1/s1. The van der Waals surface area contributed by atoms with Gasteiger partial charge in [-0.1, -0.05) is 44.4 Å². The third kappa shape index (κ3) is 8.16. The fourth-order valence-electron chi connectivity index (χ4n) is 4.81. The van der Waals surface area contributed by atoms with Gasteiger partial charge in [-0.3, -0.25) is 24.0 Å². The Hall–Kier alpha value is -3.67. The molecular weight excluding hydrogens is 524 g/mol. The van der Waals surface area contributed by atoms with Gasteiger partial charge in [-0.2, -0.15) is 0 Å². The molecule has 0 spiro atoms. The summed E-state index contributed by atoms with van der Waals surface area (Å²) < 4.78 is 31.6. The van der Waals surface area contributed by atoms with E-state index in [9.17, 15) is 28.1 Å². The number of hydrogen-bond acceptors (Lipinski definition) is 7. The summed E-state index contributed by atoms with van der Waals surface area (Å²) in [4.78, 5) is 39.3. The van der Waals surface area contributed by atoms with Crippen molar-refractivity contribution in [3.05, 3.63) is 64.2 Å². The summed E-state index contributed by atoms with van der Waals surface area (Å²) >= 11 is 0. The van der Waals surface area contributed by atoms with Crippen molar-refractivity contribution in [2.24, 2.45) is 0 Å². The summed E-state index contributed by atoms with van der Waals surface area (Å²) in [6.45, 7) is 1.21. The molecule has 1 N–H and O–H groups in total. The lowest BCUT2D eigenvalue weighted by atomic mass is 9.95. The fourth-order valence-corrected chi connectivity index (χ4v) is 5.65. The summed E-state index contributed by atoms with van der Waals surface area (Å²) in [5, 5.41) is 14.4. The van der Waals surface area contributed by atoms with Gasteiger partial charge in [0.1, 0.15) is 18.3 Å². The number of carbonyl (C=O) groups excluding carboxylic acids is 2. The third-order valence-corrected chi connectivity index (χ3v) is 7.97. The molecule has 1 atom stereocenters. The number of ether oxygens (including phenoxy) is 1. The van der Waals surface area contributed by atoms with E-state index in [0.717, 1.165) is 48.7 Å². The van der Waals surface area contributed by atoms with Crippen molar-refractivity contribution < 1.29 is 27.7 Å². The Morgan fingerprint density at radius 1 is 1.13 bits per heavy atom. The number of benzene rings is 2. The molecule has 0 aromatic heterocycles. The second-order valence-corrected chi connectivity index (χ2v) is 11.6. The van der Waals surface area contributed by atoms with Gasteiger partial charge < -0.3 is 15.0 Å². The highest BCUT2D eigenvalue weighted by molar-refractivity contribution is 7.92. The van der Waals surface area contributed by atoms with Gasteiger partial charge >= 0.3 is 0 Å². The first-order valence-electron chi connectivity index (χ1n) is 13.0.